The molecule has 0 aliphatic heterocycles. The van der Waals surface area contributed by atoms with Crippen LogP contribution in [-0.2, 0) is 13.1 Å². The fraction of sp³-hybridized carbons (Fsp3) is 0.684. The Kier molecular flexibility index (Phi) is 24.5. The average molecular weight is 611 g/mol. The van der Waals surface area contributed by atoms with Crippen molar-refractivity contribution >= 4 is 0 Å². The summed E-state index contributed by atoms with van der Waals surface area (Å²) in [6, 6.07) is 16.5. The van der Waals surface area contributed by atoms with Crippen LogP contribution in [0.3, 0.4) is 0 Å². The molecule has 6 nitrogen and oxygen atoms in total. The zero-order chi connectivity index (χ0) is 31.2. The van der Waals surface area contributed by atoms with Gasteiger partial charge in [0.05, 0.1) is 14.2 Å². The molecule has 2 aromatic carbocycles. The summed E-state index contributed by atoms with van der Waals surface area (Å²) in [5, 5.41) is 14.4. The first-order chi connectivity index (χ1) is 21.8. The van der Waals surface area contributed by atoms with Crippen LogP contribution in [0.2, 0.25) is 0 Å². The zero-order valence-electron chi connectivity index (χ0n) is 28.4. The van der Waals surface area contributed by atoms with Gasteiger partial charge in [-0.15, -0.1) is 0 Å². The highest BCUT2D eigenvalue weighted by Gasteiger charge is 2.02. The Hall–Kier alpha value is -2.12. The molecule has 0 fully saturated rings. The standard InChI is InChI=1S/C38H66N4O2/c1-43-37-25-15-13-23-35(37)33-41-31-21-9-5-3-7-17-27-39-29-19-11-12-20-30-40-28-18-8-4-6-10-22-32-42-34-36-24-14-16-26-38(36)44-2/h13-16,23-26,39-42H,3-12,17-22,27-34H2,1-2H3. The summed E-state index contributed by atoms with van der Waals surface area (Å²) in [4.78, 5) is 0. The largest absolute Gasteiger partial charge is 0.496 e. The molecule has 0 radical (unpaired) electrons. The molecule has 44 heavy (non-hydrogen) atoms. The molecule has 0 bridgehead atoms. The molecule has 0 aliphatic rings. The van der Waals surface area contributed by atoms with E-state index in [1.807, 2.05) is 24.3 Å². The SMILES string of the molecule is COc1ccccc1CNCCCCCCCCNCCCCCCNCCCCCCCCNCc1ccccc1OC. The van der Waals surface area contributed by atoms with E-state index in [9.17, 15) is 0 Å². The van der Waals surface area contributed by atoms with Gasteiger partial charge in [0.25, 0.3) is 0 Å². The Labute approximate surface area is 270 Å². The predicted octanol–water partition coefficient (Wildman–Crippen LogP) is 8.00. The van der Waals surface area contributed by atoms with Crippen LogP contribution < -0.4 is 30.7 Å². The average Bonchev–Trinajstić information content (AvgIpc) is 3.06. The Morgan fingerprint density at radius 2 is 0.636 bits per heavy atom. The van der Waals surface area contributed by atoms with Crippen LogP contribution in [0.4, 0.5) is 0 Å². The van der Waals surface area contributed by atoms with Gasteiger partial charge < -0.3 is 30.7 Å². The lowest BCUT2D eigenvalue weighted by Gasteiger charge is -2.09. The Morgan fingerprint density at radius 1 is 0.364 bits per heavy atom. The van der Waals surface area contributed by atoms with Crippen LogP contribution in [0.15, 0.2) is 48.5 Å². The summed E-state index contributed by atoms with van der Waals surface area (Å²) >= 11 is 0. The number of hydrogen-bond acceptors (Lipinski definition) is 6. The minimum absolute atomic E-state index is 0.889. The number of para-hydroxylation sites is 2. The number of methoxy groups -OCH3 is 2. The Morgan fingerprint density at radius 3 is 0.955 bits per heavy atom. The molecule has 0 amide bonds. The van der Waals surface area contributed by atoms with Gasteiger partial charge in [-0.3, -0.25) is 0 Å². The molecule has 0 saturated carbocycles. The topological polar surface area (TPSA) is 66.6 Å². The lowest BCUT2D eigenvalue weighted by Crippen LogP contribution is -2.18. The van der Waals surface area contributed by atoms with Gasteiger partial charge in [-0.2, -0.15) is 0 Å². The zero-order valence-corrected chi connectivity index (χ0v) is 28.4. The normalized spacial score (nSPS) is 11.2. The van der Waals surface area contributed by atoms with Gasteiger partial charge in [0, 0.05) is 24.2 Å². The Balaban J connectivity index is 1.19. The number of nitrogens with one attached hydrogen (secondary N) is 4. The number of benzene rings is 2. The summed E-state index contributed by atoms with van der Waals surface area (Å²) in [5.41, 5.74) is 2.48. The van der Waals surface area contributed by atoms with E-state index >= 15 is 0 Å². The van der Waals surface area contributed by atoms with Gasteiger partial charge in [-0.05, 0) is 89.9 Å². The Bertz CT molecular complexity index is 836. The second-order valence-corrected chi connectivity index (χ2v) is 12.1. The van der Waals surface area contributed by atoms with Gasteiger partial charge in [0.15, 0.2) is 0 Å². The van der Waals surface area contributed by atoms with Crippen molar-refractivity contribution in [2.45, 2.75) is 116 Å². The molecule has 2 rings (SSSR count). The smallest absolute Gasteiger partial charge is 0.123 e. The molecule has 0 aromatic heterocycles. The highest BCUT2D eigenvalue weighted by molar-refractivity contribution is 5.33. The lowest BCUT2D eigenvalue weighted by atomic mass is 10.1. The first-order valence-corrected chi connectivity index (χ1v) is 17.9. The molecule has 0 atom stereocenters. The first kappa shape index (κ1) is 38.1. The molecular formula is C38H66N4O2. The van der Waals surface area contributed by atoms with Crippen LogP contribution in [0.25, 0.3) is 0 Å². The molecule has 2 aromatic rings. The maximum atomic E-state index is 5.42. The van der Waals surface area contributed by atoms with E-state index < -0.39 is 0 Å². The van der Waals surface area contributed by atoms with Gasteiger partial charge >= 0.3 is 0 Å². The second-order valence-electron chi connectivity index (χ2n) is 12.1. The van der Waals surface area contributed by atoms with Crippen molar-refractivity contribution in [3.63, 3.8) is 0 Å². The fourth-order valence-electron chi connectivity index (χ4n) is 5.66. The summed E-state index contributed by atoms with van der Waals surface area (Å²) in [6.07, 6.45) is 21.3. The van der Waals surface area contributed by atoms with E-state index in [-0.39, 0.29) is 0 Å². The molecule has 250 valence electrons. The quantitative estimate of drug-likeness (QED) is 0.0649. The lowest BCUT2D eigenvalue weighted by molar-refractivity contribution is 0.407. The van der Waals surface area contributed by atoms with Crippen molar-refractivity contribution in [1.29, 1.82) is 0 Å². The highest BCUT2D eigenvalue weighted by atomic mass is 16.5. The summed E-state index contributed by atoms with van der Waals surface area (Å²) in [7, 11) is 3.48. The fourth-order valence-corrected chi connectivity index (χ4v) is 5.66. The van der Waals surface area contributed by atoms with E-state index in [2.05, 4.69) is 45.5 Å². The van der Waals surface area contributed by atoms with Gasteiger partial charge in [-0.1, -0.05) is 101 Å². The molecule has 0 saturated heterocycles. The number of ether oxygens (including phenoxy) is 2. The minimum Gasteiger partial charge on any atom is -0.496 e. The van der Waals surface area contributed by atoms with Crippen molar-refractivity contribution in [3.05, 3.63) is 59.7 Å². The van der Waals surface area contributed by atoms with E-state index in [0.717, 1.165) is 37.7 Å². The molecule has 0 aliphatic carbocycles. The third-order valence-electron chi connectivity index (χ3n) is 8.39. The first-order valence-electron chi connectivity index (χ1n) is 17.9. The van der Waals surface area contributed by atoms with Gasteiger partial charge in [0.1, 0.15) is 11.5 Å². The number of rotatable bonds is 31. The third kappa shape index (κ3) is 20.0. The molecular weight excluding hydrogens is 544 g/mol. The van der Waals surface area contributed by atoms with Crippen LogP contribution in [0.1, 0.15) is 114 Å². The van der Waals surface area contributed by atoms with Crippen molar-refractivity contribution in [1.82, 2.24) is 21.3 Å². The monoisotopic (exact) mass is 611 g/mol. The van der Waals surface area contributed by atoms with Crippen LogP contribution >= 0.6 is 0 Å². The minimum atomic E-state index is 0.889. The van der Waals surface area contributed by atoms with Crippen LogP contribution in [0.5, 0.6) is 11.5 Å². The second kappa shape index (κ2) is 28.4. The van der Waals surface area contributed by atoms with Crippen molar-refractivity contribution < 1.29 is 9.47 Å². The molecule has 0 spiro atoms. The van der Waals surface area contributed by atoms with E-state index in [1.165, 1.54) is 140 Å². The molecule has 0 unspecified atom stereocenters. The third-order valence-corrected chi connectivity index (χ3v) is 8.39. The van der Waals surface area contributed by atoms with Crippen molar-refractivity contribution in [2.24, 2.45) is 0 Å². The van der Waals surface area contributed by atoms with Crippen LogP contribution in [0, 0.1) is 0 Å². The van der Waals surface area contributed by atoms with E-state index in [4.69, 9.17) is 9.47 Å². The number of hydrogen-bond donors (Lipinski definition) is 4. The number of unbranched alkanes of at least 4 members (excludes halogenated alkanes) is 13. The van der Waals surface area contributed by atoms with Crippen LogP contribution in [-0.4, -0.2) is 53.5 Å². The highest BCUT2D eigenvalue weighted by Crippen LogP contribution is 2.17. The maximum Gasteiger partial charge on any atom is 0.123 e. The van der Waals surface area contributed by atoms with Crippen molar-refractivity contribution in [2.75, 3.05) is 53.5 Å². The summed E-state index contributed by atoms with van der Waals surface area (Å²) in [5.74, 6) is 1.96. The molecule has 6 heteroatoms. The molecule has 0 heterocycles. The summed E-state index contributed by atoms with van der Waals surface area (Å²) in [6.45, 7) is 8.68. The summed E-state index contributed by atoms with van der Waals surface area (Å²) < 4.78 is 10.8. The van der Waals surface area contributed by atoms with Crippen molar-refractivity contribution in [3.8, 4) is 11.5 Å². The van der Waals surface area contributed by atoms with Gasteiger partial charge in [-0.25, -0.2) is 0 Å². The molecule has 4 N–H and O–H groups in total. The van der Waals surface area contributed by atoms with Gasteiger partial charge in [0.2, 0.25) is 0 Å². The maximum absolute atomic E-state index is 5.42. The predicted molar refractivity (Wildman–Crippen MR) is 189 cm³/mol. The van der Waals surface area contributed by atoms with E-state index in [0.29, 0.717) is 0 Å². The van der Waals surface area contributed by atoms with E-state index in [1.54, 1.807) is 14.2 Å².